The first-order valence-corrected chi connectivity index (χ1v) is 7.11. The lowest BCUT2D eigenvalue weighted by atomic mass is 10.2. The lowest BCUT2D eigenvalue weighted by molar-refractivity contribution is 0.186. The monoisotopic (exact) mass is 266 g/mol. The highest BCUT2D eigenvalue weighted by Gasteiger charge is 2.10. The van der Waals surface area contributed by atoms with E-state index in [9.17, 15) is 0 Å². The molecule has 0 bridgehead atoms. The zero-order chi connectivity index (χ0) is 13.4. The maximum Gasteiger partial charge on any atom is 0.0772 e. The van der Waals surface area contributed by atoms with Crippen molar-refractivity contribution in [2.45, 2.75) is 32.9 Å². The molecule has 0 aromatic carbocycles. The fourth-order valence-corrected chi connectivity index (χ4v) is 2.57. The van der Waals surface area contributed by atoms with Crippen LogP contribution in [0.5, 0.6) is 0 Å². The summed E-state index contributed by atoms with van der Waals surface area (Å²) in [6.07, 6.45) is 0.823. The summed E-state index contributed by atoms with van der Waals surface area (Å²) in [5.74, 6) is 5.93. The van der Waals surface area contributed by atoms with E-state index in [0.29, 0.717) is 12.6 Å². The Hall–Kier alpha value is -0.860. The fraction of sp³-hybridized carbons (Fsp3) is 0.571. The van der Waals surface area contributed by atoms with Crippen molar-refractivity contribution in [2.24, 2.45) is 5.73 Å². The number of nitrogens with zero attached hydrogens (tertiary/aromatic N) is 1. The van der Waals surface area contributed by atoms with Crippen LogP contribution in [0, 0.1) is 11.8 Å². The van der Waals surface area contributed by atoms with Crippen LogP contribution in [0.4, 0.5) is 0 Å². The van der Waals surface area contributed by atoms with Crippen molar-refractivity contribution >= 4 is 11.3 Å². The Kier molecular flexibility index (Phi) is 6.99. The van der Waals surface area contributed by atoms with Gasteiger partial charge in [0, 0.05) is 30.6 Å². The highest BCUT2D eigenvalue weighted by Crippen LogP contribution is 2.18. The molecule has 0 aliphatic heterocycles. The molecule has 100 valence electrons. The topological polar surface area (TPSA) is 49.5 Å². The Morgan fingerprint density at radius 2 is 2.22 bits per heavy atom. The molecular formula is C14H22N2OS. The minimum atomic E-state index is 0.251. The Morgan fingerprint density at radius 1 is 1.44 bits per heavy atom. The first-order valence-electron chi connectivity index (χ1n) is 6.30. The predicted molar refractivity (Wildman–Crippen MR) is 77.5 cm³/mol. The van der Waals surface area contributed by atoms with Crippen molar-refractivity contribution in [1.82, 2.24) is 4.90 Å². The van der Waals surface area contributed by atoms with Crippen molar-refractivity contribution in [2.75, 3.05) is 19.7 Å². The quantitative estimate of drug-likeness (QED) is 0.770. The van der Waals surface area contributed by atoms with E-state index in [1.54, 1.807) is 11.3 Å². The smallest absolute Gasteiger partial charge is 0.0772 e. The second-order valence-corrected chi connectivity index (χ2v) is 5.58. The normalized spacial score (nSPS) is 10.8. The highest BCUT2D eigenvalue weighted by atomic mass is 32.1. The van der Waals surface area contributed by atoms with Crippen LogP contribution in [-0.4, -0.2) is 35.7 Å². The number of rotatable bonds is 6. The predicted octanol–water partition coefficient (Wildman–Crippen LogP) is 1.65. The number of thiophene rings is 1. The number of hydrogen-bond donors (Lipinski definition) is 2. The summed E-state index contributed by atoms with van der Waals surface area (Å²) >= 11 is 1.72. The van der Waals surface area contributed by atoms with Gasteiger partial charge in [-0.15, -0.1) is 11.3 Å². The first-order chi connectivity index (χ1) is 8.67. The van der Waals surface area contributed by atoms with E-state index in [2.05, 4.69) is 36.7 Å². The van der Waals surface area contributed by atoms with Crippen LogP contribution in [0.15, 0.2) is 12.1 Å². The average molecular weight is 266 g/mol. The van der Waals surface area contributed by atoms with Gasteiger partial charge in [-0.3, -0.25) is 4.90 Å². The van der Waals surface area contributed by atoms with Gasteiger partial charge in [0.15, 0.2) is 0 Å². The van der Waals surface area contributed by atoms with Gasteiger partial charge >= 0.3 is 0 Å². The van der Waals surface area contributed by atoms with E-state index >= 15 is 0 Å². The van der Waals surface area contributed by atoms with Crippen LogP contribution >= 0.6 is 11.3 Å². The van der Waals surface area contributed by atoms with Crippen molar-refractivity contribution in [3.05, 3.63) is 21.9 Å². The summed E-state index contributed by atoms with van der Waals surface area (Å²) in [4.78, 5) is 4.74. The highest BCUT2D eigenvalue weighted by molar-refractivity contribution is 7.12. The summed E-state index contributed by atoms with van der Waals surface area (Å²) < 4.78 is 0. The standard InChI is InChI=1S/C14H22N2OS/c1-12(2)16(9-4-10-17)11-14-7-6-13(18-14)5-3-8-15/h6-7,12,17H,4,8-11,15H2,1-2H3. The lowest BCUT2D eigenvalue weighted by Crippen LogP contribution is -2.31. The molecule has 1 aromatic heterocycles. The minimum absolute atomic E-state index is 0.251. The number of aliphatic hydroxyl groups excluding tert-OH is 1. The second-order valence-electron chi connectivity index (χ2n) is 4.41. The van der Waals surface area contributed by atoms with E-state index in [1.807, 2.05) is 6.07 Å². The van der Waals surface area contributed by atoms with Crippen LogP contribution in [0.25, 0.3) is 0 Å². The molecule has 0 radical (unpaired) electrons. The van der Waals surface area contributed by atoms with Crippen molar-refractivity contribution in [3.63, 3.8) is 0 Å². The molecule has 1 aromatic rings. The van der Waals surface area contributed by atoms with Crippen molar-refractivity contribution in [3.8, 4) is 11.8 Å². The van der Waals surface area contributed by atoms with Crippen LogP contribution in [0.1, 0.15) is 30.0 Å². The Morgan fingerprint density at radius 3 is 2.83 bits per heavy atom. The molecule has 0 saturated heterocycles. The maximum atomic E-state index is 8.91. The summed E-state index contributed by atoms with van der Waals surface area (Å²) in [6, 6.07) is 4.66. The second kappa shape index (κ2) is 8.28. The fourth-order valence-electron chi connectivity index (χ4n) is 1.66. The maximum absolute atomic E-state index is 8.91. The summed E-state index contributed by atoms with van der Waals surface area (Å²) in [5, 5.41) is 8.91. The summed E-state index contributed by atoms with van der Waals surface area (Å²) in [5.41, 5.74) is 5.36. The molecule has 3 N–H and O–H groups in total. The third kappa shape index (κ3) is 5.19. The van der Waals surface area contributed by atoms with Gasteiger partial charge in [0.25, 0.3) is 0 Å². The molecule has 0 fully saturated rings. The van der Waals surface area contributed by atoms with Gasteiger partial charge in [-0.25, -0.2) is 0 Å². The molecular weight excluding hydrogens is 244 g/mol. The van der Waals surface area contributed by atoms with Gasteiger partial charge in [-0.2, -0.15) is 0 Å². The SMILES string of the molecule is CC(C)N(CCCO)Cc1ccc(C#CCN)s1. The third-order valence-corrected chi connectivity index (χ3v) is 3.65. The van der Waals surface area contributed by atoms with E-state index in [4.69, 9.17) is 10.8 Å². The molecule has 1 rings (SSSR count). The first kappa shape index (κ1) is 15.2. The number of nitrogens with two attached hydrogens (primary N) is 1. The van der Waals surface area contributed by atoms with Crippen LogP contribution < -0.4 is 5.73 Å². The average Bonchev–Trinajstić information content (AvgIpc) is 2.79. The molecule has 1 heterocycles. The zero-order valence-corrected chi connectivity index (χ0v) is 12.0. The van der Waals surface area contributed by atoms with E-state index in [-0.39, 0.29) is 6.61 Å². The van der Waals surface area contributed by atoms with Crippen LogP contribution in [0.2, 0.25) is 0 Å². The summed E-state index contributed by atoms with van der Waals surface area (Å²) in [7, 11) is 0. The lowest BCUT2D eigenvalue weighted by Gasteiger charge is -2.25. The molecule has 0 saturated carbocycles. The van der Waals surface area contributed by atoms with E-state index in [1.165, 1.54) is 4.88 Å². The third-order valence-electron chi connectivity index (χ3n) is 2.67. The molecule has 18 heavy (non-hydrogen) atoms. The van der Waals surface area contributed by atoms with Gasteiger partial charge in [-0.05, 0) is 32.4 Å². The van der Waals surface area contributed by atoms with Crippen molar-refractivity contribution < 1.29 is 5.11 Å². The van der Waals surface area contributed by atoms with Gasteiger partial charge in [0.2, 0.25) is 0 Å². The molecule has 4 heteroatoms. The molecule has 0 aliphatic carbocycles. The van der Waals surface area contributed by atoms with Crippen LogP contribution in [0.3, 0.4) is 0 Å². The van der Waals surface area contributed by atoms with Gasteiger partial charge in [-0.1, -0.05) is 11.8 Å². The largest absolute Gasteiger partial charge is 0.396 e. The van der Waals surface area contributed by atoms with Gasteiger partial charge < -0.3 is 10.8 Å². The van der Waals surface area contributed by atoms with Crippen LogP contribution in [-0.2, 0) is 6.54 Å². The number of hydrogen-bond acceptors (Lipinski definition) is 4. The number of aliphatic hydroxyl groups is 1. The summed E-state index contributed by atoms with van der Waals surface area (Å²) in [6.45, 7) is 6.87. The molecule has 0 spiro atoms. The van der Waals surface area contributed by atoms with Gasteiger partial charge in [0.1, 0.15) is 0 Å². The zero-order valence-electron chi connectivity index (χ0n) is 11.1. The Bertz CT molecular complexity index is 403. The Balaban J connectivity index is 2.60. The Labute approximate surface area is 114 Å². The molecule has 0 atom stereocenters. The molecule has 0 amide bonds. The van der Waals surface area contributed by atoms with E-state index < -0.39 is 0 Å². The van der Waals surface area contributed by atoms with E-state index in [0.717, 1.165) is 24.4 Å². The van der Waals surface area contributed by atoms with Gasteiger partial charge in [0.05, 0.1) is 11.4 Å². The van der Waals surface area contributed by atoms with Crippen molar-refractivity contribution in [1.29, 1.82) is 0 Å². The molecule has 0 aliphatic rings. The minimum Gasteiger partial charge on any atom is -0.396 e. The molecule has 0 unspecified atom stereocenters. The molecule has 3 nitrogen and oxygen atoms in total.